The van der Waals surface area contributed by atoms with Gasteiger partial charge >= 0.3 is 0 Å². The Labute approximate surface area is 122 Å². The zero-order chi connectivity index (χ0) is 14.5. The van der Waals surface area contributed by atoms with Crippen molar-refractivity contribution < 1.29 is 9.13 Å². The van der Waals surface area contributed by atoms with Crippen molar-refractivity contribution in [2.45, 2.75) is 26.8 Å². The molecule has 0 fully saturated rings. The van der Waals surface area contributed by atoms with Crippen LogP contribution >= 0.6 is 11.3 Å². The standard InChI is InChI=1S/C15H19FN2OS/c1-3-6-19-15-8-14(13(17)7-12(15)16)18-9-11-5-4-10(2)20-11/h4-5,7-8,18H,3,6,9,17H2,1-2H3. The molecule has 2 rings (SSSR count). The smallest absolute Gasteiger partial charge is 0.167 e. The number of ether oxygens (including phenoxy) is 1. The Balaban J connectivity index is 2.09. The number of benzene rings is 1. The van der Waals surface area contributed by atoms with E-state index in [1.54, 1.807) is 17.4 Å². The third-order valence-electron chi connectivity index (χ3n) is 2.81. The number of nitrogen functional groups attached to an aromatic ring is 1. The summed E-state index contributed by atoms with van der Waals surface area (Å²) in [6.45, 7) is 5.20. The average Bonchev–Trinajstić information content (AvgIpc) is 2.82. The molecular weight excluding hydrogens is 275 g/mol. The van der Waals surface area contributed by atoms with Crippen LogP contribution in [-0.4, -0.2) is 6.61 Å². The number of anilines is 2. The highest BCUT2D eigenvalue weighted by molar-refractivity contribution is 7.11. The molecule has 1 heterocycles. The first kappa shape index (κ1) is 14.7. The summed E-state index contributed by atoms with van der Waals surface area (Å²) < 4.78 is 19.1. The molecule has 2 aromatic rings. The van der Waals surface area contributed by atoms with E-state index in [2.05, 4.69) is 24.4 Å². The van der Waals surface area contributed by atoms with Crippen molar-refractivity contribution in [3.8, 4) is 5.75 Å². The van der Waals surface area contributed by atoms with Crippen molar-refractivity contribution >= 4 is 22.7 Å². The van der Waals surface area contributed by atoms with Crippen molar-refractivity contribution in [3.05, 3.63) is 39.8 Å². The van der Waals surface area contributed by atoms with Gasteiger partial charge in [0.15, 0.2) is 11.6 Å². The molecule has 0 bridgehead atoms. The van der Waals surface area contributed by atoms with Crippen molar-refractivity contribution in [2.75, 3.05) is 17.7 Å². The van der Waals surface area contributed by atoms with Gasteiger partial charge in [0, 0.05) is 28.4 Å². The zero-order valence-corrected chi connectivity index (χ0v) is 12.5. The molecule has 20 heavy (non-hydrogen) atoms. The molecule has 0 radical (unpaired) electrons. The van der Waals surface area contributed by atoms with Gasteiger partial charge in [-0.2, -0.15) is 0 Å². The molecule has 1 aromatic heterocycles. The molecule has 0 spiro atoms. The SMILES string of the molecule is CCCOc1cc(NCc2ccc(C)s2)c(N)cc1F. The zero-order valence-electron chi connectivity index (χ0n) is 11.7. The summed E-state index contributed by atoms with van der Waals surface area (Å²) in [7, 11) is 0. The second kappa shape index (κ2) is 6.61. The van der Waals surface area contributed by atoms with Crippen LogP contribution in [0.4, 0.5) is 15.8 Å². The van der Waals surface area contributed by atoms with Crippen LogP contribution in [-0.2, 0) is 6.54 Å². The van der Waals surface area contributed by atoms with E-state index in [-0.39, 0.29) is 5.75 Å². The minimum absolute atomic E-state index is 0.242. The Morgan fingerprint density at radius 3 is 2.80 bits per heavy atom. The van der Waals surface area contributed by atoms with Gasteiger partial charge in [0.2, 0.25) is 0 Å². The number of thiophene rings is 1. The third-order valence-corrected chi connectivity index (χ3v) is 3.82. The van der Waals surface area contributed by atoms with Gasteiger partial charge in [-0.05, 0) is 25.5 Å². The fourth-order valence-electron chi connectivity index (χ4n) is 1.81. The van der Waals surface area contributed by atoms with Gasteiger partial charge in [-0.1, -0.05) is 6.92 Å². The fraction of sp³-hybridized carbons (Fsp3) is 0.333. The van der Waals surface area contributed by atoms with Crippen LogP contribution in [0.1, 0.15) is 23.1 Å². The van der Waals surface area contributed by atoms with E-state index in [1.165, 1.54) is 15.8 Å². The van der Waals surface area contributed by atoms with Crippen LogP contribution in [0.3, 0.4) is 0 Å². The van der Waals surface area contributed by atoms with E-state index in [9.17, 15) is 4.39 Å². The maximum atomic E-state index is 13.7. The summed E-state index contributed by atoms with van der Waals surface area (Å²) in [5.41, 5.74) is 6.92. The molecule has 0 unspecified atom stereocenters. The van der Waals surface area contributed by atoms with E-state index < -0.39 is 5.82 Å². The van der Waals surface area contributed by atoms with E-state index in [0.29, 0.717) is 24.5 Å². The lowest BCUT2D eigenvalue weighted by atomic mass is 10.2. The van der Waals surface area contributed by atoms with Gasteiger partial charge < -0.3 is 15.8 Å². The molecule has 5 heteroatoms. The molecule has 3 nitrogen and oxygen atoms in total. The Hall–Kier alpha value is -1.75. The van der Waals surface area contributed by atoms with Crippen LogP contribution < -0.4 is 15.8 Å². The van der Waals surface area contributed by atoms with Gasteiger partial charge in [0.05, 0.1) is 18.0 Å². The molecule has 1 aromatic carbocycles. The van der Waals surface area contributed by atoms with Crippen LogP contribution in [0.2, 0.25) is 0 Å². The molecule has 0 aliphatic rings. The molecule has 0 saturated heterocycles. The molecule has 0 amide bonds. The maximum Gasteiger partial charge on any atom is 0.167 e. The van der Waals surface area contributed by atoms with E-state index in [0.717, 1.165) is 6.42 Å². The highest BCUT2D eigenvalue weighted by Gasteiger charge is 2.09. The van der Waals surface area contributed by atoms with Crippen LogP contribution in [0.25, 0.3) is 0 Å². The van der Waals surface area contributed by atoms with Crippen molar-refractivity contribution in [2.24, 2.45) is 0 Å². The number of hydrogen-bond acceptors (Lipinski definition) is 4. The highest BCUT2D eigenvalue weighted by atomic mass is 32.1. The average molecular weight is 294 g/mol. The first-order valence-electron chi connectivity index (χ1n) is 6.61. The number of nitrogens with one attached hydrogen (secondary N) is 1. The molecule has 0 aliphatic heterocycles. The molecular formula is C15H19FN2OS. The van der Waals surface area contributed by atoms with Crippen molar-refractivity contribution in [1.82, 2.24) is 0 Å². The highest BCUT2D eigenvalue weighted by Crippen LogP contribution is 2.29. The van der Waals surface area contributed by atoms with E-state index in [1.807, 2.05) is 6.92 Å². The Morgan fingerprint density at radius 2 is 2.15 bits per heavy atom. The second-order valence-corrected chi connectivity index (χ2v) is 5.96. The summed E-state index contributed by atoms with van der Waals surface area (Å²) in [5.74, 6) is -0.181. The quantitative estimate of drug-likeness (QED) is 0.786. The topological polar surface area (TPSA) is 47.3 Å². The lowest BCUT2D eigenvalue weighted by Gasteiger charge is -2.12. The summed E-state index contributed by atoms with van der Waals surface area (Å²) in [5, 5.41) is 3.23. The first-order valence-corrected chi connectivity index (χ1v) is 7.42. The Kier molecular flexibility index (Phi) is 4.84. The van der Waals surface area contributed by atoms with Gasteiger partial charge in [0.25, 0.3) is 0 Å². The predicted molar refractivity (Wildman–Crippen MR) is 83.0 cm³/mol. The predicted octanol–water partition coefficient (Wildman–Crippen LogP) is 4.18. The number of aryl methyl sites for hydroxylation is 1. The lowest BCUT2D eigenvalue weighted by molar-refractivity contribution is 0.301. The molecule has 0 saturated carbocycles. The fourth-order valence-corrected chi connectivity index (χ4v) is 2.64. The summed E-state index contributed by atoms with van der Waals surface area (Å²) in [6.07, 6.45) is 0.834. The lowest BCUT2D eigenvalue weighted by Crippen LogP contribution is -2.04. The first-order chi connectivity index (χ1) is 9.60. The van der Waals surface area contributed by atoms with Crippen molar-refractivity contribution in [1.29, 1.82) is 0 Å². The summed E-state index contributed by atoms with van der Waals surface area (Å²) >= 11 is 1.73. The minimum atomic E-state index is -0.423. The number of hydrogen-bond donors (Lipinski definition) is 2. The second-order valence-electron chi connectivity index (χ2n) is 4.58. The third kappa shape index (κ3) is 3.63. The van der Waals surface area contributed by atoms with Gasteiger partial charge in [0.1, 0.15) is 0 Å². The van der Waals surface area contributed by atoms with Crippen molar-refractivity contribution in [3.63, 3.8) is 0 Å². The largest absolute Gasteiger partial charge is 0.490 e. The normalized spacial score (nSPS) is 10.6. The monoisotopic (exact) mass is 294 g/mol. The maximum absolute atomic E-state index is 13.7. The molecule has 3 N–H and O–H groups in total. The van der Waals surface area contributed by atoms with Crippen LogP contribution in [0, 0.1) is 12.7 Å². The number of rotatable bonds is 6. The molecule has 108 valence electrons. The van der Waals surface area contributed by atoms with E-state index >= 15 is 0 Å². The minimum Gasteiger partial charge on any atom is -0.490 e. The number of nitrogens with two attached hydrogens (primary N) is 1. The van der Waals surface area contributed by atoms with Gasteiger partial charge in [-0.3, -0.25) is 0 Å². The van der Waals surface area contributed by atoms with Crippen LogP contribution in [0.5, 0.6) is 5.75 Å². The Morgan fingerprint density at radius 1 is 1.35 bits per heavy atom. The summed E-state index contributed by atoms with van der Waals surface area (Å²) in [4.78, 5) is 2.48. The Bertz CT molecular complexity index is 583. The number of halogens is 1. The van der Waals surface area contributed by atoms with Gasteiger partial charge in [-0.15, -0.1) is 11.3 Å². The van der Waals surface area contributed by atoms with E-state index in [4.69, 9.17) is 10.5 Å². The summed E-state index contributed by atoms with van der Waals surface area (Å²) in [6, 6.07) is 7.07. The van der Waals surface area contributed by atoms with Gasteiger partial charge in [-0.25, -0.2) is 4.39 Å². The molecule has 0 aliphatic carbocycles. The van der Waals surface area contributed by atoms with Crippen LogP contribution in [0.15, 0.2) is 24.3 Å². The molecule has 0 atom stereocenters.